The molecule has 1 aromatic carbocycles. The first-order valence-electron chi connectivity index (χ1n) is 6.75. The summed E-state index contributed by atoms with van der Waals surface area (Å²) in [7, 11) is -2.59. The highest BCUT2D eigenvalue weighted by Gasteiger charge is 2.42. The summed E-state index contributed by atoms with van der Waals surface area (Å²) in [5.74, 6) is -0.988. The Bertz CT molecular complexity index is 659. The Morgan fingerprint density at radius 3 is 2.55 bits per heavy atom. The van der Waals surface area contributed by atoms with Gasteiger partial charge in [0.25, 0.3) is 0 Å². The van der Waals surface area contributed by atoms with Crippen molar-refractivity contribution >= 4 is 21.9 Å². The molecular weight excluding hydrogens is 308 g/mol. The van der Waals surface area contributed by atoms with Crippen molar-refractivity contribution in [1.29, 1.82) is 0 Å². The summed E-state index contributed by atoms with van der Waals surface area (Å²) in [5, 5.41) is 4.12. The first-order chi connectivity index (χ1) is 10.3. The Morgan fingerprint density at radius 1 is 1.41 bits per heavy atom. The number of benzene rings is 1. The van der Waals surface area contributed by atoms with Gasteiger partial charge in [0.2, 0.25) is 15.9 Å². The second kappa shape index (κ2) is 6.45. The first kappa shape index (κ1) is 16.4. The molecule has 2 atom stereocenters. The number of esters is 1. The molecule has 120 valence electrons. The van der Waals surface area contributed by atoms with Gasteiger partial charge < -0.3 is 9.64 Å². The highest BCUT2D eigenvalue weighted by Crippen LogP contribution is 2.22. The average molecular weight is 326 g/mol. The van der Waals surface area contributed by atoms with Crippen molar-refractivity contribution in [3.8, 4) is 0 Å². The molecule has 1 amide bonds. The minimum Gasteiger partial charge on any atom is -0.467 e. The smallest absolute Gasteiger partial charge is 0.328 e. The largest absolute Gasteiger partial charge is 0.467 e. The number of carbonyl (C=O) groups excluding carboxylic acids is 2. The Labute approximate surface area is 129 Å². The van der Waals surface area contributed by atoms with Crippen LogP contribution in [-0.2, 0) is 30.8 Å². The molecule has 1 saturated heterocycles. The second-order valence-electron chi connectivity index (χ2n) is 5.19. The molecule has 1 fully saturated rings. The summed E-state index contributed by atoms with van der Waals surface area (Å²) >= 11 is 0. The van der Waals surface area contributed by atoms with Crippen LogP contribution in [0.4, 0.5) is 0 Å². The van der Waals surface area contributed by atoms with E-state index in [1.165, 1.54) is 12.0 Å². The van der Waals surface area contributed by atoms with E-state index in [0.717, 1.165) is 5.56 Å². The number of sulfonamides is 1. The van der Waals surface area contributed by atoms with Crippen molar-refractivity contribution in [2.75, 3.05) is 13.7 Å². The van der Waals surface area contributed by atoms with Crippen molar-refractivity contribution in [1.82, 2.24) is 4.90 Å². The van der Waals surface area contributed by atoms with Crippen LogP contribution < -0.4 is 5.14 Å². The standard InChI is InChI=1S/C14H18N2O5S/c1-21-14(18)12(7-10-5-3-2-4-6-10)16-9-11(8-13(16)17)22(15,19)20/h2-6,11-12H,7-9H2,1H3,(H2,15,19,20)/t11?,12-/m1/s1. The predicted molar refractivity (Wildman–Crippen MR) is 79.2 cm³/mol. The fourth-order valence-electron chi connectivity index (χ4n) is 2.51. The Kier molecular flexibility index (Phi) is 4.82. The van der Waals surface area contributed by atoms with E-state index in [2.05, 4.69) is 0 Å². The van der Waals surface area contributed by atoms with Crippen molar-refractivity contribution < 1.29 is 22.7 Å². The number of carbonyl (C=O) groups is 2. The van der Waals surface area contributed by atoms with Crippen LogP contribution in [0, 0.1) is 0 Å². The zero-order valence-electron chi connectivity index (χ0n) is 12.1. The van der Waals surface area contributed by atoms with Crippen LogP contribution in [-0.4, -0.2) is 50.1 Å². The Balaban J connectivity index is 2.23. The van der Waals surface area contributed by atoms with E-state index in [4.69, 9.17) is 9.88 Å². The number of hydrogen-bond donors (Lipinski definition) is 1. The molecule has 0 radical (unpaired) electrons. The van der Waals surface area contributed by atoms with Crippen molar-refractivity contribution in [3.05, 3.63) is 35.9 Å². The molecule has 1 unspecified atom stereocenters. The van der Waals surface area contributed by atoms with Crippen LogP contribution in [0.3, 0.4) is 0 Å². The SMILES string of the molecule is COC(=O)[C@@H](Cc1ccccc1)N1CC(S(N)(=O)=O)CC1=O. The third-order valence-electron chi connectivity index (χ3n) is 3.71. The fraction of sp³-hybridized carbons (Fsp3) is 0.429. The van der Waals surface area contributed by atoms with Crippen LogP contribution in [0.5, 0.6) is 0 Å². The van der Waals surface area contributed by atoms with Gasteiger partial charge >= 0.3 is 5.97 Å². The lowest BCUT2D eigenvalue weighted by molar-refractivity contribution is -0.151. The van der Waals surface area contributed by atoms with E-state index in [9.17, 15) is 18.0 Å². The molecule has 0 bridgehead atoms. The van der Waals surface area contributed by atoms with Gasteiger partial charge in [-0.15, -0.1) is 0 Å². The zero-order valence-corrected chi connectivity index (χ0v) is 13.0. The molecular formula is C14H18N2O5S. The number of hydrogen-bond acceptors (Lipinski definition) is 5. The van der Waals surface area contributed by atoms with Gasteiger partial charge in [0.05, 0.1) is 7.11 Å². The third-order valence-corrected chi connectivity index (χ3v) is 4.95. The van der Waals surface area contributed by atoms with E-state index in [1.807, 2.05) is 30.3 Å². The van der Waals surface area contributed by atoms with Crippen LogP contribution in [0.15, 0.2) is 30.3 Å². The van der Waals surface area contributed by atoms with Crippen molar-refractivity contribution in [2.45, 2.75) is 24.1 Å². The topological polar surface area (TPSA) is 107 Å². The molecule has 0 spiro atoms. The quantitative estimate of drug-likeness (QED) is 0.745. The monoisotopic (exact) mass is 326 g/mol. The highest BCUT2D eigenvalue weighted by molar-refractivity contribution is 7.89. The highest BCUT2D eigenvalue weighted by atomic mass is 32.2. The van der Waals surface area contributed by atoms with E-state index >= 15 is 0 Å². The summed E-state index contributed by atoms with van der Waals surface area (Å²) in [4.78, 5) is 25.3. The average Bonchev–Trinajstić information content (AvgIpc) is 2.87. The number of primary sulfonamides is 1. The minimum absolute atomic E-state index is 0.0930. The number of likely N-dealkylation sites (tertiary alicyclic amines) is 1. The summed E-state index contributed by atoms with van der Waals surface area (Å²) in [5.41, 5.74) is 0.852. The molecule has 22 heavy (non-hydrogen) atoms. The lowest BCUT2D eigenvalue weighted by Crippen LogP contribution is -2.45. The van der Waals surface area contributed by atoms with E-state index < -0.39 is 33.2 Å². The van der Waals surface area contributed by atoms with Crippen LogP contribution in [0.25, 0.3) is 0 Å². The molecule has 2 N–H and O–H groups in total. The third kappa shape index (κ3) is 3.63. The second-order valence-corrected chi connectivity index (χ2v) is 7.03. The van der Waals surface area contributed by atoms with Crippen molar-refractivity contribution in [3.63, 3.8) is 0 Å². The fourth-order valence-corrected chi connectivity index (χ4v) is 3.26. The number of rotatable bonds is 5. The summed E-state index contributed by atoms with van der Waals surface area (Å²) in [6, 6.07) is 8.29. The van der Waals surface area contributed by atoms with E-state index in [0.29, 0.717) is 0 Å². The number of methoxy groups -OCH3 is 1. The molecule has 0 aromatic heterocycles. The number of amides is 1. The number of nitrogens with two attached hydrogens (primary N) is 1. The molecule has 7 nitrogen and oxygen atoms in total. The Morgan fingerprint density at radius 2 is 2.05 bits per heavy atom. The molecule has 1 heterocycles. The van der Waals surface area contributed by atoms with Gasteiger partial charge in [-0.2, -0.15) is 0 Å². The normalized spacial score (nSPS) is 20.0. The number of ether oxygens (including phenoxy) is 1. The summed E-state index contributed by atoms with van der Waals surface area (Å²) in [6.45, 7) is -0.0930. The summed E-state index contributed by atoms with van der Waals surface area (Å²) in [6.07, 6.45) is 0.0533. The van der Waals surface area contributed by atoms with Gasteiger partial charge in [0, 0.05) is 19.4 Å². The van der Waals surface area contributed by atoms with Gasteiger partial charge in [-0.1, -0.05) is 30.3 Å². The molecule has 1 aromatic rings. The molecule has 1 aliphatic rings. The molecule has 0 saturated carbocycles. The summed E-state index contributed by atoms with van der Waals surface area (Å²) < 4.78 is 27.6. The molecule has 8 heteroatoms. The van der Waals surface area contributed by atoms with Crippen molar-refractivity contribution in [2.24, 2.45) is 5.14 Å². The first-order valence-corrected chi connectivity index (χ1v) is 8.36. The van der Waals surface area contributed by atoms with Crippen LogP contribution in [0.1, 0.15) is 12.0 Å². The maximum atomic E-state index is 12.1. The van der Waals surface area contributed by atoms with Gasteiger partial charge in [-0.05, 0) is 5.56 Å². The van der Waals surface area contributed by atoms with Gasteiger partial charge in [0.15, 0.2) is 0 Å². The number of nitrogens with zero attached hydrogens (tertiary/aromatic N) is 1. The molecule has 2 rings (SSSR count). The van der Waals surface area contributed by atoms with Crippen LogP contribution >= 0.6 is 0 Å². The van der Waals surface area contributed by atoms with Gasteiger partial charge in [-0.25, -0.2) is 18.4 Å². The van der Waals surface area contributed by atoms with E-state index in [-0.39, 0.29) is 19.4 Å². The van der Waals surface area contributed by atoms with E-state index in [1.54, 1.807) is 0 Å². The maximum Gasteiger partial charge on any atom is 0.328 e. The Hall–Kier alpha value is -1.93. The molecule has 0 aliphatic carbocycles. The van der Waals surface area contributed by atoms with Gasteiger partial charge in [-0.3, -0.25) is 4.79 Å². The van der Waals surface area contributed by atoms with Crippen LogP contribution in [0.2, 0.25) is 0 Å². The zero-order chi connectivity index (χ0) is 16.3. The molecule has 1 aliphatic heterocycles. The lowest BCUT2D eigenvalue weighted by atomic mass is 10.0. The maximum absolute atomic E-state index is 12.1. The predicted octanol–water partition coefficient (Wildman–Crippen LogP) is -0.340. The van der Waals surface area contributed by atoms with Gasteiger partial charge in [0.1, 0.15) is 11.3 Å². The lowest BCUT2D eigenvalue weighted by Gasteiger charge is -2.26. The minimum atomic E-state index is -3.82.